The van der Waals surface area contributed by atoms with Crippen LogP contribution in [0.15, 0.2) is 0 Å². The summed E-state index contributed by atoms with van der Waals surface area (Å²) < 4.78 is 0. The largest absolute Gasteiger partial charge is 0.354 e. The first-order chi connectivity index (χ1) is 10.8. The Morgan fingerprint density at radius 2 is 2.04 bits per heavy atom. The lowest BCUT2D eigenvalue weighted by molar-refractivity contribution is -0.144. The Labute approximate surface area is 144 Å². The van der Waals surface area contributed by atoms with Crippen molar-refractivity contribution in [1.82, 2.24) is 15.1 Å². The third-order valence-electron chi connectivity index (χ3n) is 4.70. The number of likely N-dealkylation sites (tertiary alicyclic amines) is 1. The second kappa shape index (κ2) is 7.88. The van der Waals surface area contributed by atoms with Crippen molar-refractivity contribution in [3.05, 3.63) is 0 Å². The van der Waals surface area contributed by atoms with E-state index in [0.717, 1.165) is 19.6 Å². The SMILES string of the molecule is CCN1CCCC(CNC(=O)C2CSCN2C(=O)C(C)(C)C)C1. The van der Waals surface area contributed by atoms with Crippen LogP contribution >= 0.6 is 11.8 Å². The average Bonchev–Trinajstić information content (AvgIpc) is 3.00. The number of nitrogens with one attached hydrogen (secondary N) is 1. The van der Waals surface area contributed by atoms with E-state index in [0.29, 0.717) is 17.5 Å². The summed E-state index contributed by atoms with van der Waals surface area (Å²) in [4.78, 5) is 29.2. The molecule has 23 heavy (non-hydrogen) atoms. The van der Waals surface area contributed by atoms with Crippen molar-refractivity contribution < 1.29 is 9.59 Å². The Morgan fingerprint density at radius 3 is 2.70 bits per heavy atom. The molecule has 0 spiro atoms. The molecule has 0 bridgehead atoms. The van der Waals surface area contributed by atoms with Gasteiger partial charge in [-0.2, -0.15) is 0 Å². The number of thioether (sulfide) groups is 1. The minimum atomic E-state index is -0.436. The summed E-state index contributed by atoms with van der Waals surface area (Å²) >= 11 is 1.66. The van der Waals surface area contributed by atoms with Gasteiger partial charge in [0, 0.05) is 24.3 Å². The van der Waals surface area contributed by atoms with Gasteiger partial charge in [0.05, 0.1) is 5.88 Å². The average molecular weight is 342 g/mol. The van der Waals surface area contributed by atoms with Gasteiger partial charge in [0.15, 0.2) is 0 Å². The molecular formula is C17H31N3O2S. The number of carbonyl (C=O) groups is 2. The second-order valence-corrected chi connectivity index (χ2v) is 8.69. The van der Waals surface area contributed by atoms with Crippen molar-refractivity contribution >= 4 is 23.6 Å². The van der Waals surface area contributed by atoms with Gasteiger partial charge >= 0.3 is 0 Å². The van der Waals surface area contributed by atoms with Crippen molar-refractivity contribution in [2.45, 2.75) is 46.6 Å². The number of nitrogens with zero attached hydrogens (tertiary/aromatic N) is 2. The Bertz CT molecular complexity index is 436. The van der Waals surface area contributed by atoms with Crippen LogP contribution in [0.2, 0.25) is 0 Å². The van der Waals surface area contributed by atoms with Gasteiger partial charge in [-0.1, -0.05) is 27.7 Å². The van der Waals surface area contributed by atoms with Crippen LogP contribution in [0.1, 0.15) is 40.5 Å². The lowest BCUT2D eigenvalue weighted by Crippen LogP contribution is -2.51. The summed E-state index contributed by atoms with van der Waals surface area (Å²) in [7, 11) is 0. The van der Waals surface area contributed by atoms with Crippen molar-refractivity contribution in [1.29, 1.82) is 0 Å². The van der Waals surface area contributed by atoms with Gasteiger partial charge < -0.3 is 15.1 Å². The maximum Gasteiger partial charge on any atom is 0.243 e. The van der Waals surface area contributed by atoms with Crippen LogP contribution in [0.25, 0.3) is 0 Å². The molecule has 2 aliphatic heterocycles. The third kappa shape index (κ3) is 4.86. The Kier molecular flexibility index (Phi) is 6.37. The molecule has 0 saturated carbocycles. The highest BCUT2D eigenvalue weighted by Crippen LogP contribution is 2.27. The van der Waals surface area contributed by atoms with Crippen LogP contribution in [-0.4, -0.2) is 65.5 Å². The molecule has 6 heteroatoms. The number of hydrogen-bond acceptors (Lipinski definition) is 4. The van der Waals surface area contributed by atoms with Gasteiger partial charge in [-0.05, 0) is 31.8 Å². The van der Waals surface area contributed by atoms with Gasteiger partial charge in [-0.15, -0.1) is 11.8 Å². The monoisotopic (exact) mass is 341 g/mol. The normalized spacial score (nSPS) is 26.3. The van der Waals surface area contributed by atoms with E-state index in [4.69, 9.17) is 0 Å². The number of hydrogen-bond donors (Lipinski definition) is 1. The molecule has 5 nitrogen and oxygen atoms in total. The summed E-state index contributed by atoms with van der Waals surface area (Å²) in [5.41, 5.74) is -0.436. The molecule has 0 aromatic carbocycles. The first-order valence-electron chi connectivity index (χ1n) is 8.71. The fraction of sp³-hybridized carbons (Fsp3) is 0.882. The van der Waals surface area contributed by atoms with E-state index in [2.05, 4.69) is 17.1 Å². The van der Waals surface area contributed by atoms with Crippen molar-refractivity contribution in [2.24, 2.45) is 11.3 Å². The smallest absolute Gasteiger partial charge is 0.243 e. The van der Waals surface area contributed by atoms with Crippen LogP contribution in [0.4, 0.5) is 0 Å². The first kappa shape index (κ1) is 18.6. The van der Waals surface area contributed by atoms with E-state index in [-0.39, 0.29) is 17.9 Å². The predicted molar refractivity (Wildman–Crippen MR) is 95.3 cm³/mol. The molecule has 0 aromatic rings. The number of amides is 2. The van der Waals surface area contributed by atoms with Gasteiger partial charge in [-0.25, -0.2) is 0 Å². The van der Waals surface area contributed by atoms with E-state index in [9.17, 15) is 9.59 Å². The van der Waals surface area contributed by atoms with Gasteiger partial charge in [-0.3, -0.25) is 9.59 Å². The first-order valence-corrected chi connectivity index (χ1v) is 9.87. The number of piperidine rings is 1. The van der Waals surface area contributed by atoms with Crippen LogP contribution < -0.4 is 5.32 Å². The van der Waals surface area contributed by atoms with E-state index in [1.54, 1.807) is 16.7 Å². The third-order valence-corrected chi connectivity index (χ3v) is 5.71. The molecule has 2 atom stereocenters. The lowest BCUT2D eigenvalue weighted by atomic mass is 9.94. The number of rotatable bonds is 4. The summed E-state index contributed by atoms with van der Waals surface area (Å²) in [6, 6.07) is -0.308. The molecule has 1 N–H and O–H groups in total. The van der Waals surface area contributed by atoms with Crippen molar-refractivity contribution in [2.75, 3.05) is 37.8 Å². The predicted octanol–water partition coefficient (Wildman–Crippen LogP) is 1.78. The summed E-state index contributed by atoms with van der Waals surface area (Å²) in [6.45, 7) is 12.0. The maximum absolute atomic E-state index is 12.5. The van der Waals surface area contributed by atoms with Gasteiger partial charge in [0.25, 0.3) is 0 Å². The Hall–Kier alpha value is -0.750. The van der Waals surface area contributed by atoms with E-state index >= 15 is 0 Å². The van der Waals surface area contributed by atoms with E-state index < -0.39 is 5.41 Å². The Balaban J connectivity index is 1.86. The zero-order valence-corrected chi connectivity index (χ0v) is 15.7. The van der Waals surface area contributed by atoms with Crippen molar-refractivity contribution in [3.8, 4) is 0 Å². The van der Waals surface area contributed by atoms with Gasteiger partial charge in [0.2, 0.25) is 11.8 Å². The minimum Gasteiger partial charge on any atom is -0.354 e. The standard InChI is InChI=1S/C17H31N3O2S/c1-5-19-8-6-7-13(10-19)9-18-15(21)14-11-23-12-20(14)16(22)17(2,3)4/h13-14H,5-12H2,1-4H3,(H,18,21). The molecule has 2 unspecified atom stereocenters. The molecule has 2 rings (SSSR count). The molecule has 0 aliphatic carbocycles. The zero-order valence-electron chi connectivity index (χ0n) is 14.9. The molecular weight excluding hydrogens is 310 g/mol. The highest BCUT2D eigenvalue weighted by molar-refractivity contribution is 7.99. The highest BCUT2D eigenvalue weighted by Gasteiger charge is 2.39. The summed E-state index contributed by atoms with van der Waals surface area (Å²) in [5.74, 6) is 1.95. The Morgan fingerprint density at radius 1 is 1.30 bits per heavy atom. The summed E-state index contributed by atoms with van der Waals surface area (Å²) in [6.07, 6.45) is 2.39. The molecule has 2 fully saturated rings. The molecule has 132 valence electrons. The van der Waals surface area contributed by atoms with Crippen molar-refractivity contribution in [3.63, 3.8) is 0 Å². The van der Waals surface area contributed by atoms with Crippen LogP contribution in [0.3, 0.4) is 0 Å². The van der Waals surface area contributed by atoms with Crippen LogP contribution in [-0.2, 0) is 9.59 Å². The fourth-order valence-electron chi connectivity index (χ4n) is 3.26. The minimum absolute atomic E-state index is 0.0150. The second-order valence-electron chi connectivity index (χ2n) is 7.69. The molecule has 2 saturated heterocycles. The van der Waals surface area contributed by atoms with Crippen LogP contribution in [0, 0.1) is 11.3 Å². The lowest BCUT2D eigenvalue weighted by Gasteiger charge is -2.33. The molecule has 0 aromatic heterocycles. The fourth-order valence-corrected chi connectivity index (χ4v) is 4.41. The van der Waals surface area contributed by atoms with E-state index in [1.807, 2.05) is 20.8 Å². The quantitative estimate of drug-likeness (QED) is 0.847. The molecule has 2 heterocycles. The maximum atomic E-state index is 12.5. The van der Waals surface area contributed by atoms with Gasteiger partial charge in [0.1, 0.15) is 6.04 Å². The highest BCUT2D eigenvalue weighted by atomic mass is 32.2. The van der Waals surface area contributed by atoms with Crippen LogP contribution in [0.5, 0.6) is 0 Å². The molecule has 0 radical (unpaired) electrons. The zero-order chi connectivity index (χ0) is 17.0. The molecule has 2 aliphatic rings. The van der Waals surface area contributed by atoms with E-state index in [1.165, 1.54) is 19.4 Å². The topological polar surface area (TPSA) is 52.7 Å². The summed E-state index contributed by atoms with van der Waals surface area (Å²) in [5, 5.41) is 3.10. The molecule has 2 amide bonds. The number of carbonyl (C=O) groups excluding carboxylic acids is 2.